The summed E-state index contributed by atoms with van der Waals surface area (Å²) >= 11 is 0. The van der Waals surface area contributed by atoms with Gasteiger partial charge in [0.15, 0.2) is 0 Å². The molecule has 0 amide bonds. The van der Waals surface area contributed by atoms with Crippen LogP contribution in [0.1, 0.15) is 6.92 Å². The predicted octanol–water partition coefficient (Wildman–Crippen LogP) is 0.880. The van der Waals surface area contributed by atoms with Crippen molar-refractivity contribution in [2.45, 2.75) is 13.0 Å². The minimum atomic E-state index is 0.463. The molecule has 5 nitrogen and oxygen atoms in total. The van der Waals surface area contributed by atoms with Crippen molar-refractivity contribution in [3.63, 3.8) is 0 Å². The second-order valence-corrected chi connectivity index (χ2v) is 3.73. The van der Waals surface area contributed by atoms with Crippen LogP contribution in [0, 0.1) is 0 Å². The Kier molecular flexibility index (Phi) is 4.30. The molecule has 0 radical (unpaired) electrons. The molecule has 0 aromatic carbocycles. The Labute approximate surface area is 90.9 Å². The fourth-order valence-electron chi connectivity index (χ4n) is 1.01. The van der Waals surface area contributed by atoms with Gasteiger partial charge in [-0.15, -0.1) is 0 Å². The van der Waals surface area contributed by atoms with Gasteiger partial charge in [0.25, 0.3) is 0 Å². The Hall–Kier alpha value is -1.36. The van der Waals surface area contributed by atoms with E-state index in [9.17, 15) is 0 Å². The summed E-state index contributed by atoms with van der Waals surface area (Å²) in [6.07, 6.45) is 3.42. The van der Waals surface area contributed by atoms with Crippen LogP contribution in [0.3, 0.4) is 0 Å². The number of rotatable bonds is 5. The number of likely N-dealkylation sites (N-methyl/N-ethyl adjacent to an activating group) is 1. The molecule has 84 valence electrons. The average molecular weight is 209 g/mol. The number of hydrogen-bond acceptors (Lipinski definition) is 5. The molecule has 1 aromatic heterocycles. The van der Waals surface area contributed by atoms with Gasteiger partial charge in [-0.2, -0.15) is 0 Å². The summed E-state index contributed by atoms with van der Waals surface area (Å²) in [7, 11) is 5.94. The van der Waals surface area contributed by atoms with Crippen LogP contribution in [-0.2, 0) is 0 Å². The molecule has 0 spiro atoms. The lowest BCUT2D eigenvalue weighted by Crippen LogP contribution is -2.31. The quantitative estimate of drug-likeness (QED) is 0.754. The van der Waals surface area contributed by atoms with Gasteiger partial charge in [0.2, 0.25) is 0 Å². The van der Waals surface area contributed by atoms with Crippen LogP contribution >= 0.6 is 0 Å². The molecule has 0 aliphatic rings. The highest BCUT2D eigenvalue weighted by atomic mass is 15.1. The van der Waals surface area contributed by atoms with Crippen molar-refractivity contribution >= 4 is 11.6 Å². The monoisotopic (exact) mass is 209 g/mol. The van der Waals surface area contributed by atoms with Gasteiger partial charge >= 0.3 is 0 Å². The molecule has 15 heavy (non-hydrogen) atoms. The zero-order valence-corrected chi connectivity index (χ0v) is 9.78. The van der Waals surface area contributed by atoms with Gasteiger partial charge < -0.3 is 15.5 Å². The van der Waals surface area contributed by atoms with Gasteiger partial charge in [0.05, 0.1) is 12.4 Å². The maximum Gasteiger partial charge on any atom is 0.147 e. The van der Waals surface area contributed by atoms with Gasteiger partial charge in [-0.05, 0) is 21.0 Å². The molecule has 1 heterocycles. The third-order valence-corrected chi connectivity index (χ3v) is 2.35. The van der Waals surface area contributed by atoms with Crippen LogP contribution in [0.4, 0.5) is 11.6 Å². The first-order valence-electron chi connectivity index (χ1n) is 5.03. The molecule has 1 atom stereocenters. The van der Waals surface area contributed by atoms with Gasteiger partial charge in [0.1, 0.15) is 11.6 Å². The molecular weight excluding hydrogens is 190 g/mol. The van der Waals surface area contributed by atoms with Crippen LogP contribution in [0.2, 0.25) is 0 Å². The van der Waals surface area contributed by atoms with Gasteiger partial charge in [-0.25, -0.2) is 4.98 Å². The van der Waals surface area contributed by atoms with Crippen molar-refractivity contribution in [2.75, 3.05) is 38.3 Å². The molecular formula is C10H19N5. The van der Waals surface area contributed by atoms with Crippen molar-refractivity contribution in [1.29, 1.82) is 0 Å². The lowest BCUT2D eigenvalue weighted by molar-refractivity contribution is 0.326. The zero-order valence-electron chi connectivity index (χ0n) is 9.78. The highest BCUT2D eigenvalue weighted by molar-refractivity contribution is 5.40. The molecule has 0 aliphatic carbocycles. The maximum absolute atomic E-state index is 4.32. The number of hydrogen-bond donors (Lipinski definition) is 2. The topological polar surface area (TPSA) is 53.1 Å². The van der Waals surface area contributed by atoms with E-state index in [1.54, 1.807) is 12.4 Å². The van der Waals surface area contributed by atoms with Crippen LogP contribution in [-0.4, -0.2) is 48.6 Å². The summed E-state index contributed by atoms with van der Waals surface area (Å²) in [6.45, 7) is 3.01. The van der Waals surface area contributed by atoms with Crippen molar-refractivity contribution in [3.05, 3.63) is 12.4 Å². The summed E-state index contributed by atoms with van der Waals surface area (Å²) in [5.74, 6) is 1.58. The van der Waals surface area contributed by atoms with E-state index in [0.29, 0.717) is 6.04 Å². The van der Waals surface area contributed by atoms with Gasteiger partial charge in [-0.3, -0.25) is 4.98 Å². The van der Waals surface area contributed by atoms with Crippen LogP contribution < -0.4 is 10.6 Å². The van der Waals surface area contributed by atoms with Crippen molar-refractivity contribution < 1.29 is 0 Å². The van der Waals surface area contributed by atoms with E-state index >= 15 is 0 Å². The molecule has 1 aromatic rings. The molecule has 0 aliphatic heterocycles. The fourth-order valence-corrected chi connectivity index (χ4v) is 1.01. The Morgan fingerprint density at radius 2 is 2.00 bits per heavy atom. The van der Waals surface area contributed by atoms with E-state index in [1.807, 2.05) is 7.05 Å². The summed E-state index contributed by atoms with van der Waals surface area (Å²) in [4.78, 5) is 10.6. The molecule has 0 saturated carbocycles. The average Bonchev–Trinajstić information content (AvgIpc) is 2.26. The van der Waals surface area contributed by atoms with E-state index in [4.69, 9.17) is 0 Å². The first kappa shape index (κ1) is 11.7. The maximum atomic E-state index is 4.32. The molecule has 1 rings (SSSR count). The first-order chi connectivity index (χ1) is 7.13. The van der Waals surface area contributed by atoms with Crippen LogP contribution in [0.25, 0.3) is 0 Å². The molecule has 5 heteroatoms. The predicted molar refractivity (Wildman–Crippen MR) is 63.2 cm³/mol. The Morgan fingerprint density at radius 3 is 2.60 bits per heavy atom. The second-order valence-electron chi connectivity index (χ2n) is 3.73. The smallest absolute Gasteiger partial charge is 0.147 e. The summed E-state index contributed by atoms with van der Waals surface area (Å²) in [6, 6.07) is 0.463. The lowest BCUT2D eigenvalue weighted by Gasteiger charge is -2.20. The largest absolute Gasteiger partial charge is 0.372 e. The summed E-state index contributed by atoms with van der Waals surface area (Å²) in [5, 5.41) is 6.20. The minimum absolute atomic E-state index is 0.463. The Morgan fingerprint density at radius 1 is 1.33 bits per heavy atom. The summed E-state index contributed by atoms with van der Waals surface area (Å²) in [5.41, 5.74) is 0. The zero-order chi connectivity index (χ0) is 11.3. The third kappa shape index (κ3) is 3.71. The fraction of sp³-hybridized carbons (Fsp3) is 0.600. The molecule has 2 N–H and O–H groups in total. The van der Waals surface area contributed by atoms with Crippen LogP contribution in [0.5, 0.6) is 0 Å². The minimum Gasteiger partial charge on any atom is -0.372 e. The number of anilines is 2. The number of nitrogens with zero attached hydrogens (tertiary/aromatic N) is 3. The second kappa shape index (κ2) is 5.50. The number of nitrogens with one attached hydrogen (secondary N) is 2. The van der Waals surface area contributed by atoms with E-state index in [2.05, 4.69) is 46.5 Å². The Bertz CT molecular complexity index is 300. The van der Waals surface area contributed by atoms with E-state index in [-0.39, 0.29) is 0 Å². The number of aromatic nitrogens is 2. The van der Waals surface area contributed by atoms with E-state index in [0.717, 1.165) is 18.2 Å². The van der Waals surface area contributed by atoms with Gasteiger partial charge in [0, 0.05) is 19.6 Å². The SMILES string of the molecule is CNc1cncc(NCC(C)N(C)C)n1. The van der Waals surface area contributed by atoms with E-state index in [1.165, 1.54) is 0 Å². The van der Waals surface area contributed by atoms with E-state index < -0.39 is 0 Å². The first-order valence-corrected chi connectivity index (χ1v) is 5.03. The molecule has 0 saturated heterocycles. The normalized spacial score (nSPS) is 12.6. The van der Waals surface area contributed by atoms with Crippen molar-refractivity contribution in [3.8, 4) is 0 Å². The summed E-state index contributed by atoms with van der Waals surface area (Å²) < 4.78 is 0. The van der Waals surface area contributed by atoms with Crippen molar-refractivity contribution in [1.82, 2.24) is 14.9 Å². The molecule has 1 unspecified atom stereocenters. The van der Waals surface area contributed by atoms with Crippen molar-refractivity contribution in [2.24, 2.45) is 0 Å². The highest BCUT2D eigenvalue weighted by Crippen LogP contribution is 2.05. The lowest BCUT2D eigenvalue weighted by atomic mass is 10.3. The molecule has 0 bridgehead atoms. The van der Waals surface area contributed by atoms with Crippen LogP contribution in [0.15, 0.2) is 12.4 Å². The van der Waals surface area contributed by atoms with Gasteiger partial charge in [-0.1, -0.05) is 0 Å². The third-order valence-electron chi connectivity index (χ3n) is 2.35. The highest BCUT2D eigenvalue weighted by Gasteiger charge is 2.04. The Balaban J connectivity index is 2.50. The standard InChI is InChI=1S/C10H19N5/c1-8(15(3)4)5-13-10-7-12-6-9(11-2)14-10/h6-8H,5H2,1-4H3,(H2,11,13,14). The molecule has 0 fully saturated rings.